The number of allylic oxidation sites excluding steroid dienone is 1. The highest BCUT2D eigenvalue weighted by Crippen LogP contribution is 2.37. The smallest absolute Gasteiger partial charge is 0.416 e. The highest BCUT2D eigenvalue weighted by molar-refractivity contribution is 7.80. The zero-order valence-electron chi connectivity index (χ0n) is 18.1. The molecule has 0 radical (unpaired) electrons. The molecule has 174 valence electrons. The number of carbonyl (C=O) groups excluding carboxylic acids is 2. The Morgan fingerprint density at radius 1 is 1.18 bits per heavy atom. The van der Waals surface area contributed by atoms with Gasteiger partial charge in [-0.2, -0.15) is 13.2 Å². The first-order valence-electron chi connectivity index (χ1n) is 10.1. The molecule has 2 aromatic carbocycles. The van der Waals surface area contributed by atoms with Gasteiger partial charge < -0.3 is 15.4 Å². The molecule has 1 unspecified atom stereocenters. The van der Waals surface area contributed by atoms with Crippen molar-refractivity contribution in [3.05, 3.63) is 70.9 Å². The number of hydrogen-bond acceptors (Lipinski definition) is 4. The Bertz CT molecular complexity index is 1110. The Labute approximate surface area is 194 Å². The lowest BCUT2D eigenvalue weighted by molar-refractivity contribution is -0.139. The van der Waals surface area contributed by atoms with Gasteiger partial charge in [-0.15, -0.1) is 0 Å². The van der Waals surface area contributed by atoms with E-state index in [-0.39, 0.29) is 28.9 Å². The van der Waals surface area contributed by atoms with Gasteiger partial charge in [-0.05, 0) is 62.0 Å². The van der Waals surface area contributed by atoms with E-state index >= 15 is 0 Å². The maximum Gasteiger partial charge on any atom is 0.416 e. The van der Waals surface area contributed by atoms with E-state index < -0.39 is 23.8 Å². The molecule has 1 aliphatic heterocycles. The van der Waals surface area contributed by atoms with Crippen LogP contribution in [-0.4, -0.2) is 23.6 Å². The van der Waals surface area contributed by atoms with Gasteiger partial charge in [-0.3, -0.25) is 9.69 Å². The summed E-state index contributed by atoms with van der Waals surface area (Å²) in [6.07, 6.45) is -4.53. The highest BCUT2D eigenvalue weighted by Gasteiger charge is 2.37. The Kier molecular flexibility index (Phi) is 7.06. The van der Waals surface area contributed by atoms with Crippen molar-refractivity contribution in [1.29, 1.82) is 0 Å². The van der Waals surface area contributed by atoms with Crippen LogP contribution in [0.4, 0.5) is 24.5 Å². The monoisotopic (exact) mass is 477 g/mol. The first-order valence-corrected chi connectivity index (χ1v) is 10.5. The van der Waals surface area contributed by atoms with Crippen molar-refractivity contribution in [2.75, 3.05) is 16.8 Å². The first kappa shape index (κ1) is 24.2. The van der Waals surface area contributed by atoms with Gasteiger partial charge in [0.15, 0.2) is 5.11 Å². The summed E-state index contributed by atoms with van der Waals surface area (Å²) in [5, 5.41) is 5.85. The van der Waals surface area contributed by atoms with Crippen LogP contribution >= 0.6 is 12.2 Å². The summed E-state index contributed by atoms with van der Waals surface area (Å²) < 4.78 is 45.0. The fourth-order valence-electron chi connectivity index (χ4n) is 3.56. The predicted molar refractivity (Wildman–Crippen MR) is 122 cm³/mol. The zero-order chi connectivity index (χ0) is 24.3. The molecule has 33 heavy (non-hydrogen) atoms. The molecule has 1 atom stereocenters. The third kappa shape index (κ3) is 5.33. The van der Waals surface area contributed by atoms with Gasteiger partial charge in [0.05, 0.1) is 23.8 Å². The lowest BCUT2D eigenvalue weighted by Gasteiger charge is -2.37. The zero-order valence-corrected chi connectivity index (χ0v) is 18.9. The molecule has 1 heterocycles. The molecule has 2 N–H and O–H groups in total. The van der Waals surface area contributed by atoms with Crippen LogP contribution in [0.25, 0.3) is 0 Å². The maximum absolute atomic E-state index is 13.3. The second-order valence-electron chi connectivity index (χ2n) is 7.29. The minimum absolute atomic E-state index is 0.123. The fraction of sp³-hybridized carbons (Fsp3) is 0.261. The summed E-state index contributed by atoms with van der Waals surface area (Å²) in [4.78, 5) is 25.5. The number of ether oxygens (including phenoxy) is 1. The number of thiocarbonyl (C=S) groups is 1. The van der Waals surface area contributed by atoms with Crippen LogP contribution < -0.4 is 15.5 Å². The van der Waals surface area contributed by atoms with Gasteiger partial charge in [-0.1, -0.05) is 18.2 Å². The number of amides is 1. The van der Waals surface area contributed by atoms with E-state index in [0.29, 0.717) is 16.9 Å². The lowest BCUT2D eigenvalue weighted by atomic mass is 9.94. The first-order chi connectivity index (χ1) is 15.5. The molecule has 2 aromatic rings. The molecule has 0 spiro atoms. The number of carbonyl (C=O) groups is 2. The van der Waals surface area contributed by atoms with Crippen LogP contribution in [-0.2, 0) is 20.5 Å². The van der Waals surface area contributed by atoms with Gasteiger partial charge in [0.25, 0.3) is 0 Å². The molecular formula is C23H22F3N3O3S. The van der Waals surface area contributed by atoms with Gasteiger partial charge in [0, 0.05) is 24.0 Å². The molecule has 0 saturated heterocycles. The second kappa shape index (κ2) is 9.62. The normalized spacial score (nSPS) is 16.4. The van der Waals surface area contributed by atoms with Crippen molar-refractivity contribution in [2.24, 2.45) is 0 Å². The summed E-state index contributed by atoms with van der Waals surface area (Å²) in [7, 11) is 0. The van der Waals surface area contributed by atoms with E-state index in [2.05, 4.69) is 10.6 Å². The maximum atomic E-state index is 13.3. The van der Waals surface area contributed by atoms with E-state index in [0.717, 1.165) is 12.1 Å². The third-order valence-electron chi connectivity index (χ3n) is 4.98. The SMILES string of the molecule is CCOC(=O)C1=C(C)N(c2cccc(C(F)(F)F)c2)C(=S)NC1c1ccc(NC(C)=O)cc1. The van der Waals surface area contributed by atoms with Crippen molar-refractivity contribution in [3.8, 4) is 0 Å². The standard InChI is InChI=1S/C23H22F3N3O3S/c1-4-32-21(31)19-13(2)29(18-7-5-6-16(12-18)23(24,25)26)22(33)28-20(19)15-8-10-17(11-9-15)27-14(3)30/h5-12,20H,4H2,1-3H3,(H,27,30)(H,28,33). The van der Waals surface area contributed by atoms with Crippen molar-refractivity contribution < 1.29 is 27.5 Å². The summed E-state index contributed by atoms with van der Waals surface area (Å²) in [5.74, 6) is -0.836. The predicted octanol–water partition coefficient (Wildman–Crippen LogP) is 4.94. The van der Waals surface area contributed by atoms with E-state index in [1.165, 1.54) is 24.0 Å². The number of hydrogen-bond donors (Lipinski definition) is 2. The van der Waals surface area contributed by atoms with Crippen molar-refractivity contribution in [3.63, 3.8) is 0 Å². The van der Waals surface area contributed by atoms with Crippen LogP contribution in [0, 0.1) is 0 Å². The van der Waals surface area contributed by atoms with E-state index in [4.69, 9.17) is 17.0 Å². The molecule has 0 bridgehead atoms. The van der Waals surface area contributed by atoms with Crippen LogP contribution in [0.1, 0.15) is 37.9 Å². The van der Waals surface area contributed by atoms with Gasteiger partial charge in [0.1, 0.15) is 0 Å². The number of alkyl halides is 3. The Hall–Kier alpha value is -3.40. The molecule has 3 rings (SSSR count). The highest BCUT2D eigenvalue weighted by atomic mass is 32.1. The average Bonchev–Trinajstić information content (AvgIpc) is 2.73. The molecular weight excluding hydrogens is 455 g/mol. The van der Waals surface area contributed by atoms with Crippen LogP contribution in [0.2, 0.25) is 0 Å². The summed E-state index contributed by atoms with van der Waals surface area (Å²) in [6.45, 7) is 4.79. The van der Waals surface area contributed by atoms with Gasteiger partial charge in [-0.25, -0.2) is 4.79 Å². The average molecular weight is 478 g/mol. The molecule has 0 fully saturated rings. The number of anilines is 2. The van der Waals surface area contributed by atoms with Gasteiger partial charge >= 0.3 is 12.1 Å². The van der Waals surface area contributed by atoms with Crippen LogP contribution in [0.15, 0.2) is 59.8 Å². The fourth-order valence-corrected chi connectivity index (χ4v) is 3.92. The van der Waals surface area contributed by atoms with E-state index in [1.54, 1.807) is 38.1 Å². The number of halogens is 3. The van der Waals surface area contributed by atoms with Crippen molar-refractivity contribution >= 4 is 40.6 Å². The Morgan fingerprint density at radius 2 is 1.85 bits per heavy atom. The van der Waals surface area contributed by atoms with Crippen LogP contribution in [0.3, 0.4) is 0 Å². The number of nitrogens with zero attached hydrogens (tertiary/aromatic N) is 1. The molecule has 6 nitrogen and oxygen atoms in total. The summed E-state index contributed by atoms with van der Waals surface area (Å²) in [6, 6.07) is 10.8. The van der Waals surface area contributed by atoms with Crippen LogP contribution in [0.5, 0.6) is 0 Å². The second-order valence-corrected chi connectivity index (χ2v) is 7.68. The number of rotatable bonds is 5. The minimum atomic E-state index is -4.53. The minimum Gasteiger partial charge on any atom is -0.463 e. The summed E-state index contributed by atoms with van der Waals surface area (Å²) >= 11 is 5.48. The molecule has 1 amide bonds. The third-order valence-corrected chi connectivity index (χ3v) is 5.28. The molecule has 0 aliphatic carbocycles. The Balaban J connectivity index is 2.08. The topological polar surface area (TPSA) is 70.7 Å². The quantitative estimate of drug-likeness (QED) is 0.470. The number of benzene rings is 2. The number of nitrogens with one attached hydrogen (secondary N) is 2. The molecule has 0 aromatic heterocycles. The van der Waals surface area contributed by atoms with Gasteiger partial charge in [0.2, 0.25) is 5.91 Å². The molecule has 10 heteroatoms. The van der Waals surface area contributed by atoms with E-state index in [9.17, 15) is 22.8 Å². The van der Waals surface area contributed by atoms with Crippen molar-refractivity contribution in [2.45, 2.75) is 33.0 Å². The number of esters is 1. The molecule has 0 saturated carbocycles. The van der Waals surface area contributed by atoms with E-state index in [1.807, 2.05) is 0 Å². The molecule has 1 aliphatic rings. The van der Waals surface area contributed by atoms with Crippen molar-refractivity contribution in [1.82, 2.24) is 5.32 Å². The lowest BCUT2D eigenvalue weighted by Crippen LogP contribution is -2.48. The summed E-state index contributed by atoms with van der Waals surface area (Å²) in [5.41, 5.74) is 1.15. The largest absolute Gasteiger partial charge is 0.463 e. The Morgan fingerprint density at radius 3 is 2.42 bits per heavy atom.